The molecule has 0 fully saturated rings. The molecule has 0 saturated heterocycles. The molecular formula is C20H19N3O3. The molecule has 132 valence electrons. The Balaban J connectivity index is 1.95. The molecular weight excluding hydrogens is 330 g/mol. The van der Waals surface area contributed by atoms with Gasteiger partial charge in [0, 0.05) is 5.39 Å². The Morgan fingerprint density at radius 1 is 1.12 bits per heavy atom. The summed E-state index contributed by atoms with van der Waals surface area (Å²) in [5, 5.41) is 3.47. The van der Waals surface area contributed by atoms with Gasteiger partial charge in [-0.2, -0.15) is 0 Å². The average molecular weight is 349 g/mol. The summed E-state index contributed by atoms with van der Waals surface area (Å²) in [7, 11) is 1.58. The third kappa shape index (κ3) is 3.49. The molecule has 6 nitrogen and oxygen atoms in total. The second kappa shape index (κ2) is 7.23. The number of aryl methyl sites for hydroxylation is 1. The molecule has 0 bridgehead atoms. The lowest BCUT2D eigenvalue weighted by Gasteiger charge is -2.17. The van der Waals surface area contributed by atoms with Crippen molar-refractivity contribution in [3.8, 4) is 5.75 Å². The summed E-state index contributed by atoms with van der Waals surface area (Å²) >= 11 is 0. The van der Waals surface area contributed by atoms with E-state index in [0.717, 1.165) is 10.9 Å². The van der Waals surface area contributed by atoms with Crippen molar-refractivity contribution in [2.75, 3.05) is 7.11 Å². The number of nitrogens with two attached hydrogens (primary N) is 1. The van der Waals surface area contributed by atoms with Crippen LogP contribution >= 0.6 is 0 Å². The van der Waals surface area contributed by atoms with Gasteiger partial charge in [0.15, 0.2) is 0 Å². The zero-order chi connectivity index (χ0) is 18.7. The van der Waals surface area contributed by atoms with Crippen LogP contribution in [0.25, 0.3) is 10.9 Å². The van der Waals surface area contributed by atoms with E-state index in [2.05, 4.69) is 10.3 Å². The van der Waals surface area contributed by atoms with Crippen LogP contribution in [-0.4, -0.2) is 23.9 Å². The highest BCUT2D eigenvalue weighted by Crippen LogP contribution is 2.22. The van der Waals surface area contributed by atoms with E-state index in [1.165, 1.54) is 0 Å². The van der Waals surface area contributed by atoms with Crippen molar-refractivity contribution in [1.29, 1.82) is 0 Å². The molecule has 3 aromatic rings. The van der Waals surface area contributed by atoms with Crippen molar-refractivity contribution in [1.82, 2.24) is 10.3 Å². The number of rotatable bonds is 5. The van der Waals surface area contributed by atoms with Gasteiger partial charge in [0.05, 0.1) is 23.9 Å². The fraction of sp³-hybridized carbons (Fsp3) is 0.150. The zero-order valence-electron chi connectivity index (χ0n) is 14.5. The molecule has 2 amide bonds. The van der Waals surface area contributed by atoms with Gasteiger partial charge in [-0.25, -0.2) is 0 Å². The van der Waals surface area contributed by atoms with Gasteiger partial charge in [-0.1, -0.05) is 30.3 Å². The molecule has 0 saturated carbocycles. The normalized spacial score (nSPS) is 11.8. The molecule has 0 radical (unpaired) electrons. The van der Waals surface area contributed by atoms with Crippen LogP contribution in [0.5, 0.6) is 5.75 Å². The number of primary amides is 1. The number of amides is 2. The molecule has 6 heteroatoms. The maximum atomic E-state index is 12.8. The minimum Gasteiger partial charge on any atom is -0.497 e. The van der Waals surface area contributed by atoms with Crippen LogP contribution in [0, 0.1) is 6.92 Å². The van der Waals surface area contributed by atoms with E-state index in [9.17, 15) is 9.59 Å². The molecule has 0 aliphatic heterocycles. The highest BCUT2D eigenvalue weighted by atomic mass is 16.5. The van der Waals surface area contributed by atoms with Crippen molar-refractivity contribution in [3.05, 3.63) is 71.4 Å². The third-order valence-corrected chi connectivity index (χ3v) is 4.15. The number of fused-ring (bicyclic) bond motifs is 1. The monoisotopic (exact) mass is 349 g/mol. The topological polar surface area (TPSA) is 94.3 Å². The quantitative estimate of drug-likeness (QED) is 0.740. The highest BCUT2D eigenvalue weighted by molar-refractivity contribution is 6.01. The molecule has 26 heavy (non-hydrogen) atoms. The summed E-state index contributed by atoms with van der Waals surface area (Å²) < 4.78 is 5.22. The fourth-order valence-corrected chi connectivity index (χ4v) is 2.78. The van der Waals surface area contributed by atoms with Gasteiger partial charge >= 0.3 is 0 Å². The molecule has 1 aromatic heterocycles. The van der Waals surface area contributed by atoms with E-state index in [4.69, 9.17) is 10.5 Å². The van der Waals surface area contributed by atoms with Crippen LogP contribution in [-0.2, 0) is 4.79 Å². The Labute approximate surface area is 151 Å². The van der Waals surface area contributed by atoms with E-state index >= 15 is 0 Å². The van der Waals surface area contributed by atoms with Gasteiger partial charge < -0.3 is 15.8 Å². The van der Waals surface area contributed by atoms with Gasteiger partial charge in [0.1, 0.15) is 11.8 Å². The van der Waals surface area contributed by atoms with E-state index in [1.54, 1.807) is 50.4 Å². The van der Waals surface area contributed by atoms with E-state index in [-0.39, 0.29) is 0 Å². The number of nitrogens with one attached hydrogen (secondary N) is 1. The van der Waals surface area contributed by atoms with Gasteiger partial charge in [-0.15, -0.1) is 0 Å². The van der Waals surface area contributed by atoms with Crippen LogP contribution in [0.2, 0.25) is 0 Å². The first kappa shape index (κ1) is 17.4. The third-order valence-electron chi connectivity index (χ3n) is 4.15. The Hall–Kier alpha value is -3.41. The molecule has 1 atom stereocenters. The predicted molar refractivity (Wildman–Crippen MR) is 98.9 cm³/mol. The van der Waals surface area contributed by atoms with Crippen LogP contribution in [0.1, 0.15) is 27.7 Å². The Bertz CT molecular complexity index is 971. The SMILES string of the molecule is COc1ccc2nc(C)c(C(=O)N[C@@H](C(N)=O)c3ccccc3)cc2c1. The number of nitrogens with zero attached hydrogens (tertiary/aromatic N) is 1. The van der Waals surface area contributed by atoms with Gasteiger partial charge in [-0.05, 0) is 36.8 Å². The summed E-state index contributed by atoms with van der Waals surface area (Å²) in [4.78, 5) is 29.0. The number of carbonyl (C=O) groups excluding carboxylic acids is 2. The minimum atomic E-state index is -0.913. The Kier molecular flexibility index (Phi) is 4.84. The fourth-order valence-electron chi connectivity index (χ4n) is 2.78. The van der Waals surface area contributed by atoms with E-state index in [0.29, 0.717) is 22.6 Å². The lowest BCUT2D eigenvalue weighted by Crippen LogP contribution is -2.37. The molecule has 0 aliphatic carbocycles. The lowest BCUT2D eigenvalue weighted by atomic mass is 10.0. The summed E-state index contributed by atoms with van der Waals surface area (Å²) in [6.45, 7) is 1.75. The van der Waals surface area contributed by atoms with Crippen LogP contribution in [0.15, 0.2) is 54.6 Å². The maximum absolute atomic E-state index is 12.8. The first-order chi connectivity index (χ1) is 12.5. The number of hydrogen-bond acceptors (Lipinski definition) is 4. The summed E-state index contributed by atoms with van der Waals surface area (Å²) in [5.41, 5.74) is 7.81. The summed E-state index contributed by atoms with van der Waals surface area (Å²) in [6, 6.07) is 15.2. The first-order valence-corrected chi connectivity index (χ1v) is 8.10. The average Bonchev–Trinajstić information content (AvgIpc) is 2.65. The standard InChI is InChI=1S/C20H19N3O3/c1-12-16(11-14-10-15(26-2)8-9-17(14)22-12)20(25)23-18(19(21)24)13-6-4-3-5-7-13/h3-11,18H,1-2H3,(H2,21,24)(H,23,25)/t18-/m1/s1. The van der Waals surface area contributed by atoms with Crippen LogP contribution in [0.4, 0.5) is 0 Å². The van der Waals surface area contributed by atoms with Crippen molar-refractivity contribution in [3.63, 3.8) is 0 Å². The first-order valence-electron chi connectivity index (χ1n) is 8.10. The molecule has 1 heterocycles. The maximum Gasteiger partial charge on any atom is 0.254 e. The van der Waals surface area contributed by atoms with Gasteiger partial charge in [0.2, 0.25) is 5.91 Å². The van der Waals surface area contributed by atoms with Gasteiger partial charge in [0.25, 0.3) is 5.91 Å². The number of methoxy groups -OCH3 is 1. The second-order valence-electron chi connectivity index (χ2n) is 5.90. The Morgan fingerprint density at radius 3 is 2.50 bits per heavy atom. The predicted octanol–water partition coefficient (Wildman–Crippen LogP) is 2.51. The highest BCUT2D eigenvalue weighted by Gasteiger charge is 2.22. The number of ether oxygens (including phenoxy) is 1. The van der Waals surface area contributed by atoms with E-state index in [1.807, 2.05) is 18.2 Å². The van der Waals surface area contributed by atoms with Crippen molar-refractivity contribution < 1.29 is 14.3 Å². The number of aromatic nitrogens is 1. The van der Waals surface area contributed by atoms with E-state index < -0.39 is 17.9 Å². The summed E-state index contributed by atoms with van der Waals surface area (Å²) in [5.74, 6) is -0.362. The number of hydrogen-bond donors (Lipinski definition) is 2. The van der Waals surface area contributed by atoms with Crippen LogP contribution in [0.3, 0.4) is 0 Å². The van der Waals surface area contributed by atoms with Crippen LogP contribution < -0.4 is 15.8 Å². The molecule has 3 N–H and O–H groups in total. The van der Waals surface area contributed by atoms with Crippen molar-refractivity contribution in [2.24, 2.45) is 5.73 Å². The van der Waals surface area contributed by atoms with Crippen molar-refractivity contribution >= 4 is 22.7 Å². The number of carbonyl (C=O) groups is 2. The zero-order valence-corrected chi connectivity index (χ0v) is 14.5. The molecule has 3 rings (SSSR count). The Morgan fingerprint density at radius 2 is 1.85 bits per heavy atom. The number of pyridine rings is 1. The summed E-state index contributed by atoms with van der Waals surface area (Å²) in [6.07, 6.45) is 0. The molecule has 0 spiro atoms. The number of benzene rings is 2. The minimum absolute atomic E-state index is 0.382. The lowest BCUT2D eigenvalue weighted by molar-refractivity contribution is -0.120. The second-order valence-corrected chi connectivity index (χ2v) is 5.90. The van der Waals surface area contributed by atoms with Crippen molar-refractivity contribution in [2.45, 2.75) is 13.0 Å². The molecule has 0 aliphatic rings. The largest absolute Gasteiger partial charge is 0.497 e. The van der Waals surface area contributed by atoms with Gasteiger partial charge in [-0.3, -0.25) is 14.6 Å². The molecule has 0 unspecified atom stereocenters. The molecule has 2 aromatic carbocycles. The smallest absolute Gasteiger partial charge is 0.254 e.